The van der Waals surface area contributed by atoms with Gasteiger partial charge in [0.25, 0.3) is 0 Å². The Morgan fingerprint density at radius 2 is 2.06 bits per heavy atom. The Bertz CT molecular complexity index is 1330. The third-order valence-corrected chi connectivity index (χ3v) is 4.82. The molecule has 1 aromatic carbocycles. The van der Waals surface area contributed by atoms with Crippen LogP contribution in [0.5, 0.6) is 5.88 Å². The normalized spacial score (nSPS) is 10.8. The first-order chi connectivity index (χ1) is 14.9. The number of rotatable bonds is 6. The number of nitrogens with one attached hydrogen (secondary N) is 1. The lowest BCUT2D eigenvalue weighted by Crippen LogP contribution is -2.12. The third kappa shape index (κ3) is 3.80. The molecular formula is C22H19FN6O2. The molecule has 3 heterocycles. The maximum absolute atomic E-state index is 13.8. The number of methoxy groups -OCH3 is 1. The molecule has 0 bridgehead atoms. The molecule has 31 heavy (non-hydrogen) atoms. The highest BCUT2D eigenvalue weighted by atomic mass is 19.1. The van der Waals surface area contributed by atoms with Gasteiger partial charge in [-0.25, -0.2) is 19.3 Å². The molecule has 0 fully saturated rings. The molecule has 9 heteroatoms. The largest absolute Gasteiger partial charge is 0.480 e. The van der Waals surface area contributed by atoms with Gasteiger partial charge in [-0.15, -0.1) is 0 Å². The smallest absolute Gasteiger partial charge is 0.248 e. The van der Waals surface area contributed by atoms with Crippen molar-refractivity contribution < 1.29 is 13.9 Å². The molecule has 0 saturated heterocycles. The molecule has 3 aromatic heterocycles. The van der Waals surface area contributed by atoms with E-state index in [-0.39, 0.29) is 23.2 Å². The predicted molar refractivity (Wildman–Crippen MR) is 116 cm³/mol. The molecule has 0 saturated carbocycles. The first-order valence-corrected chi connectivity index (χ1v) is 9.25. The second-order valence-electron chi connectivity index (χ2n) is 6.83. The van der Waals surface area contributed by atoms with Gasteiger partial charge in [-0.1, -0.05) is 6.58 Å². The number of amides is 1. The summed E-state index contributed by atoms with van der Waals surface area (Å²) in [4.78, 5) is 24.4. The van der Waals surface area contributed by atoms with E-state index in [1.807, 2.05) is 17.8 Å². The highest BCUT2D eigenvalue weighted by molar-refractivity contribution is 6.18. The standard InChI is InChI=1S/C22H19FN6O2/c1-12(20(24)30)13-8-18(21(31-3)26-10-13)28-22-25-7-6-17(27-22)16-11-29(2)19-5-4-14(23)9-15(16)19/h4-11H,1H2,2-3H3,(H2,24,30)(H,25,27,28). The van der Waals surface area contributed by atoms with Gasteiger partial charge in [0.15, 0.2) is 0 Å². The Labute approximate surface area is 177 Å². The number of ether oxygens (including phenoxy) is 1. The number of anilines is 2. The Balaban J connectivity index is 1.74. The number of nitrogens with zero attached hydrogens (tertiary/aromatic N) is 4. The van der Waals surface area contributed by atoms with Crippen molar-refractivity contribution in [2.75, 3.05) is 12.4 Å². The number of benzene rings is 1. The Morgan fingerprint density at radius 1 is 1.26 bits per heavy atom. The summed E-state index contributed by atoms with van der Waals surface area (Å²) in [5, 5.41) is 3.79. The van der Waals surface area contributed by atoms with E-state index in [4.69, 9.17) is 10.5 Å². The Kier molecular flexibility index (Phi) is 5.08. The van der Waals surface area contributed by atoms with Crippen molar-refractivity contribution in [3.63, 3.8) is 0 Å². The van der Waals surface area contributed by atoms with Gasteiger partial charge in [-0.2, -0.15) is 0 Å². The highest BCUT2D eigenvalue weighted by Gasteiger charge is 2.15. The topological polar surface area (TPSA) is 108 Å². The van der Waals surface area contributed by atoms with E-state index in [2.05, 4.69) is 26.8 Å². The van der Waals surface area contributed by atoms with Gasteiger partial charge in [0, 0.05) is 53.2 Å². The summed E-state index contributed by atoms with van der Waals surface area (Å²) < 4.78 is 21.0. The van der Waals surface area contributed by atoms with Crippen LogP contribution in [0.3, 0.4) is 0 Å². The summed E-state index contributed by atoms with van der Waals surface area (Å²) >= 11 is 0. The molecule has 0 aliphatic carbocycles. The molecule has 0 atom stereocenters. The molecule has 4 aromatic rings. The number of hydrogen-bond acceptors (Lipinski definition) is 6. The van der Waals surface area contributed by atoms with Gasteiger partial charge in [-0.05, 0) is 30.3 Å². The first-order valence-electron chi connectivity index (χ1n) is 9.25. The molecule has 8 nitrogen and oxygen atoms in total. The van der Waals surface area contributed by atoms with Gasteiger partial charge < -0.3 is 20.4 Å². The van der Waals surface area contributed by atoms with Crippen LogP contribution in [-0.2, 0) is 11.8 Å². The average molecular weight is 418 g/mol. The summed E-state index contributed by atoms with van der Waals surface area (Å²) in [6.07, 6.45) is 4.92. The number of halogens is 1. The van der Waals surface area contributed by atoms with Crippen LogP contribution in [-0.4, -0.2) is 32.5 Å². The lowest BCUT2D eigenvalue weighted by molar-refractivity contribution is -0.112. The number of pyridine rings is 1. The number of fused-ring (bicyclic) bond motifs is 1. The molecule has 0 spiro atoms. The lowest BCUT2D eigenvalue weighted by Gasteiger charge is -2.11. The fourth-order valence-electron chi connectivity index (χ4n) is 3.27. The van der Waals surface area contributed by atoms with Crippen LogP contribution < -0.4 is 15.8 Å². The van der Waals surface area contributed by atoms with Gasteiger partial charge in [0.2, 0.25) is 17.7 Å². The molecule has 3 N–H and O–H groups in total. The fraction of sp³-hybridized carbons (Fsp3) is 0.0909. The van der Waals surface area contributed by atoms with E-state index < -0.39 is 5.91 Å². The SMILES string of the molecule is C=C(C(N)=O)c1cnc(OC)c(Nc2nccc(-c3cn(C)c4ccc(F)cc34)n2)c1. The number of aromatic nitrogens is 4. The van der Waals surface area contributed by atoms with E-state index in [9.17, 15) is 9.18 Å². The van der Waals surface area contributed by atoms with E-state index in [0.717, 1.165) is 16.5 Å². The number of nitrogens with two attached hydrogens (primary N) is 1. The first kappa shape index (κ1) is 20.0. The van der Waals surface area contributed by atoms with Crippen LogP contribution in [0.2, 0.25) is 0 Å². The zero-order chi connectivity index (χ0) is 22.1. The monoisotopic (exact) mass is 418 g/mol. The van der Waals surface area contributed by atoms with Crippen LogP contribution in [0.1, 0.15) is 5.56 Å². The van der Waals surface area contributed by atoms with Crippen LogP contribution >= 0.6 is 0 Å². The zero-order valence-electron chi connectivity index (χ0n) is 16.9. The van der Waals surface area contributed by atoms with Gasteiger partial charge in [0.05, 0.1) is 12.8 Å². The molecule has 4 rings (SSSR count). The van der Waals surface area contributed by atoms with Crippen molar-refractivity contribution in [3.8, 4) is 17.1 Å². The highest BCUT2D eigenvalue weighted by Crippen LogP contribution is 2.31. The predicted octanol–water partition coefficient (Wildman–Crippen LogP) is 3.42. The minimum absolute atomic E-state index is 0.116. The minimum Gasteiger partial charge on any atom is -0.480 e. The van der Waals surface area contributed by atoms with E-state index in [0.29, 0.717) is 16.9 Å². The minimum atomic E-state index is -0.653. The lowest BCUT2D eigenvalue weighted by atomic mass is 10.1. The zero-order valence-corrected chi connectivity index (χ0v) is 16.9. The van der Waals surface area contributed by atoms with Crippen molar-refractivity contribution in [1.82, 2.24) is 19.5 Å². The Morgan fingerprint density at radius 3 is 2.81 bits per heavy atom. The molecular weight excluding hydrogens is 399 g/mol. The molecule has 0 aliphatic rings. The second kappa shape index (κ2) is 7.86. The summed E-state index contributed by atoms with van der Waals surface area (Å²) in [6.45, 7) is 3.67. The Hall–Kier alpha value is -4.27. The number of carbonyl (C=O) groups is 1. The fourth-order valence-corrected chi connectivity index (χ4v) is 3.27. The number of carbonyl (C=O) groups excluding carboxylic acids is 1. The third-order valence-electron chi connectivity index (χ3n) is 4.82. The molecule has 0 unspecified atom stereocenters. The van der Waals surface area contributed by atoms with E-state index in [1.54, 1.807) is 24.4 Å². The van der Waals surface area contributed by atoms with Crippen molar-refractivity contribution in [2.45, 2.75) is 0 Å². The van der Waals surface area contributed by atoms with Crippen LogP contribution in [0.4, 0.5) is 16.0 Å². The number of primary amides is 1. The van der Waals surface area contributed by atoms with Crippen LogP contribution in [0, 0.1) is 5.82 Å². The van der Waals surface area contributed by atoms with Crippen LogP contribution in [0.15, 0.2) is 55.5 Å². The number of hydrogen-bond donors (Lipinski definition) is 2. The molecule has 156 valence electrons. The quantitative estimate of drug-likeness (QED) is 0.465. The van der Waals surface area contributed by atoms with Crippen molar-refractivity contribution in [1.29, 1.82) is 0 Å². The summed E-state index contributed by atoms with van der Waals surface area (Å²) in [6, 6.07) is 7.99. The molecule has 1 amide bonds. The van der Waals surface area contributed by atoms with Crippen molar-refractivity contribution >= 4 is 34.0 Å². The van der Waals surface area contributed by atoms with Crippen LogP contribution in [0.25, 0.3) is 27.7 Å². The maximum atomic E-state index is 13.8. The summed E-state index contributed by atoms with van der Waals surface area (Å²) in [7, 11) is 3.36. The van der Waals surface area contributed by atoms with E-state index in [1.165, 1.54) is 25.4 Å². The molecule has 0 aliphatic heterocycles. The average Bonchev–Trinajstić information content (AvgIpc) is 3.09. The summed E-state index contributed by atoms with van der Waals surface area (Å²) in [5.74, 6) is -0.427. The summed E-state index contributed by atoms with van der Waals surface area (Å²) in [5.41, 5.74) is 8.56. The van der Waals surface area contributed by atoms with Crippen molar-refractivity contribution in [3.05, 3.63) is 66.9 Å². The number of aryl methyl sites for hydroxylation is 1. The van der Waals surface area contributed by atoms with Gasteiger partial charge >= 0.3 is 0 Å². The molecule has 0 radical (unpaired) electrons. The maximum Gasteiger partial charge on any atom is 0.248 e. The van der Waals surface area contributed by atoms with Gasteiger partial charge in [0.1, 0.15) is 11.5 Å². The van der Waals surface area contributed by atoms with Crippen molar-refractivity contribution in [2.24, 2.45) is 12.8 Å². The second-order valence-corrected chi connectivity index (χ2v) is 6.83. The van der Waals surface area contributed by atoms with Gasteiger partial charge in [-0.3, -0.25) is 4.79 Å². The van der Waals surface area contributed by atoms with E-state index >= 15 is 0 Å².